The topological polar surface area (TPSA) is 84.5 Å². The minimum atomic E-state index is -4.67. The van der Waals surface area contributed by atoms with Crippen LogP contribution in [-0.4, -0.2) is 29.9 Å². The highest BCUT2D eigenvalue weighted by atomic mass is 35.5. The average Bonchev–Trinajstić information content (AvgIpc) is 2.94. The third-order valence-electron chi connectivity index (χ3n) is 3.48. The van der Waals surface area contributed by atoms with Crippen molar-refractivity contribution >= 4 is 35.1 Å². The number of ether oxygens (including phenoxy) is 1. The summed E-state index contributed by atoms with van der Waals surface area (Å²) in [6, 6.07) is 2.06. The number of alkyl halides is 3. The lowest BCUT2D eigenvalue weighted by molar-refractivity contribution is -0.155. The first-order valence-electron chi connectivity index (χ1n) is 7.25. The molecule has 0 saturated carbocycles. The van der Waals surface area contributed by atoms with E-state index >= 15 is 0 Å². The van der Waals surface area contributed by atoms with E-state index in [-0.39, 0.29) is 24.4 Å². The van der Waals surface area contributed by atoms with E-state index in [0.29, 0.717) is 6.07 Å². The molecule has 25 heavy (non-hydrogen) atoms. The molecule has 0 spiro atoms. The first-order chi connectivity index (χ1) is 11.6. The molecule has 1 aliphatic rings. The molecule has 2 atom stereocenters. The summed E-state index contributed by atoms with van der Waals surface area (Å²) < 4.78 is 43.3. The van der Waals surface area contributed by atoms with Gasteiger partial charge in [0.25, 0.3) is 5.91 Å². The van der Waals surface area contributed by atoms with Crippen LogP contribution in [0.3, 0.4) is 0 Å². The van der Waals surface area contributed by atoms with Gasteiger partial charge in [0.2, 0.25) is 5.91 Å². The third-order valence-corrected chi connectivity index (χ3v) is 3.81. The van der Waals surface area contributed by atoms with E-state index in [1.165, 1.54) is 13.0 Å². The van der Waals surface area contributed by atoms with Crippen LogP contribution in [0.4, 0.5) is 18.9 Å². The quantitative estimate of drug-likeness (QED) is 0.788. The lowest BCUT2D eigenvalue weighted by Gasteiger charge is -2.17. The Morgan fingerprint density at radius 1 is 1.40 bits per heavy atom. The number of esters is 1. The van der Waals surface area contributed by atoms with Crippen molar-refractivity contribution in [2.24, 2.45) is 0 Å². The number of halogens is 4. The molecule has 1 aliphatic heterocycles. The molecule has 0 radical (unpaired) electrons. The molecule has 0 aromatic heterocycles. The number of carbonyl (C=O) groups excluding carboxylic acids is 3. The molecular formula is C15H14ClF3N2O4. The van der Waals surface area contributed by atoms with Crippen molar-refractivity contribution in [1.82, 2.24) is 5.32 Å². The smallest absolute Gasteiger partial charge is 0.417 e. The predicted octanol–water partition coefficient (Wildman–Crippen LogP) is 2.51. The summed E-state index contributed by atoms with van der Waals surface area (Å²) in [6.07, 6.45) is -5.48. The zero-order valence-electron chi connectivity index (χ0n) is 12.9. The fourth-order valence-electron chi connectivity index (χ4n) is 2.16. The zero-order valence-corrected chi connectivity index (χ0v) is 13.7. The largest absolute Gasteiger partial charge is 0.451 e. The van der Waals surface area contributed by atoms with E-state index in [4.69, 9.17) is 16.3 Å². The van der Waals surface area contributed by atoms with Crippen molar-refractivity contribution in [3.63, 3.8) is 0 Å². The van der Waals surface area contributed by atoms with E-state index in [0.717, 1.165) is 6.07 Å². The van der Waals surface area contributed by atoms with Crippen LogP contribution < -0.4 is 10.6 Å². The van der Waals surface area contributed by atoms with Crippen LogP contribution in [0.5, 0.6) is 0 Å². The van der Waals surface area contributed by atoms with Crippen molar-refractivity contribution in [2.75, 3.05) is 5.32 Å². The first-order valence-corrected chi connectivity index (χ1v) is 7.63. The molecule has 10 heteroatoms. The maximum atomic E-state index is 12.8. The molecule has 0 bridgehead atoms. The Morgan fingerprint density at radius 2 is 2.08 bits per heavy atom. The molecular weight excluding hydrogens is 365 g/mol. The Labute approximate surface area is 145 Å². The summed E-state index contributed by atoms with van der Waals surface area (Å²) in [7, 11) is 0. The summed E-state index contributed by atoms with van der Waals surface area (Å²) in [6.45, 7) is 1.27. The Kier molecular flexibility index (Phi) is 5.56. The Balaban J connectivity index is 1.99. The highest BCUT2D eigenvalue weighted by molar-refractivity contribution is 6.31. The normalized spacial score (nSPS) is 18.4. The number of hydrogen-bond acceptors (Lipinski definition) is 4. The van der Waals surface area contributed by atoms with E-state index in [2.05, 4.69) is 10.6 Å². The second kappa shape index (κ2) is 7.30. The summed E-state index contributed by atoms with van der Waals surface area (Å²) in [5.41, 5.74) is -1.23. The van der Waals surface area contributed by atoms with Gasteiger partial charge in [-0.15, -0.1) is 0 Å². The van der Waals surface area contributed by atoms with Crippen LogP contribution in [-0.2, 0) is 25.3 Å². The van der Waals surface area contributed by atoms with Crippen LogP contribution in [0.15, 0.2) is 18.2 Å². The molecule has 0 unspecified atom stereocenters. The first kappa shape index (κ1) is 19.0. The molecule has 1 aromatic rings. The van der Waals surface area contributed by atoms with Gasteiger partial charge in [-0.1, -0.05) is 11.6 Å². The fourth-order valence-corrected chi connectivity index (χ4v) is 2.39. The molecule has 136 valence electrons. The van der Waals surface area contributed by atoms with Gasteiger partial charge in [0.05, 0.1) is 10.6 Å². The summed E-state index contributed by atoms with van der Waals surface area (Å²) in [5, 5.41) is 4.12. The van der Waals surface area contributed by atoms with Gasteiger partial charge < -0.3 is 15.4 Å². The van der Waals surface area contributed by atoms with Gasteiger partial charge in [0, 0.05) is 12.1 Å². The molecule has 2 rings (SSSR count). The predicted molar refractivity (Wildman–Crippen MR) is 81.8 cm³/mol. The standard InChI is InChI=1S/C15H14ClF3N2O4/c1-7(25-14(24)11-4-5-12(22)21-11)13(23)20-8-2-3-10(16)9(6-8)15(17,18)19/h2-3,6-7,11H,4-5H2,1H3,(H,20,23)(H,21,22)/t7-,11+/m0/s1. The van der Waals surface area contributed by atoms with Gasteiger partial charge in [-0.2, -0.15) is 13.2 Å². The van der Waals surface area contributed by atoms with E-state index in [9.17, 15) is 27.6 Å². The van der Waals surface area contributed by atoms with Gasteiger partial charge in [-0.3, -0.25) is 9.59 Å². The zero-order chi connectivity index (χ0) is 18.8. The fraction of sp³-hybridized carbons (Fsp3) is 0.400. The number of nitrogens with one attached hydrogen (secondary N) is 2. The lowest BCUT2D eigenvalue weighted by Crippen LogP contribution is -2.39. The molecule has 6 nitrogen and oxygen atoms in total. The van der Waals surface area contributed by atoms with Crippen molar-refractivity contribution in [3.05, 3.63) is 28.8 Å². The molecule has 1 fully saturated rings. The molecule has 1 saturated heterocycles. The van der Waals surface area contributed by atoms with Crippen molar-refractivity contribution in [2.45, 2.75) is 38.1 Å². The molecule has 1 heterocycles. The van der Waals surface area contributed by atoms with E-state index in [1.54, 1.807) is 0 Å². The maximum Gasteiger partial charge on any atom is 0.417 e. The van der Waals surface area contributed by atoms with Gasteiger partial charge in [0.15, 0.2) is 6.10 Å². The van der Waals surface area contributed by atoms with Crippen LogP contribution >= 0.6 is 11.6 Å². The second-order valence-corrected chi connectivity index (χ2v) is 5.83. The summed E-state index contributed by atoms with van der Waals surface area (Å²) >= 11 is 5.50. The van der Waals surface area contributed by atoms with Crippen LogP contribution in [0, 0.1) is 0 Å². The minimum absolute atomic E-state index is 0.140. The van der Waals surface area contributed by atoms with Gasteiger partial charge in [0.1, 0.15) is 6.04 Å². The number of rotatable bonds is 4. The van der Waals surface area contributed by atoms with Crippen LogP contribution in [0.25, 0.3) is 0 Å². The number of benzene rings is 1. The number of amides is 2. The highest BCUT2D eigenvalue weighted by Gasteiger charge is 2.34. The van der Waals surface area contributed by atoms with Crippen molar-refractivity contribution in [1.29, 1.82) is 0 Å². The van der Waals surface area contributed by atoms with Crippen molar-refractivity contribution in [3.8, 4) is 0 Å². The Morgan fingerprint density at radius 3 is 2.64 bits per heavy atom. The minimum Gasteiger partial charge on any atom is -0.451 e. The highest BCUT2D eigenvalue weighted by Crippen LogP contribution is 2.36. The van der Waals surface area contributed by atoms with Gasteiger partial charge >= 0.3 is 12.1 Å². The Hall–Kier alpha value is -2.29. The lowest BCUT2D eigenvalue weighted by atomic mass is 10.2. The molecule has 0 aliphatic carbocycles. The summed E-state index contributed by atoms with van der Waals surface area (Å²) in [4.78, 5) is 34.8. The summed E-state index contributed by atoms with van der Waals surface area (Å²) in [5.74, 6) is -1.88. The third kappa shape index (κ3) is 4.85. The van der Waals surface area contributed by atoms with E-state index < -0.39 is 40.8 Å². The van der Waals surface area contributed by atoms with Gasteiger partial charge in [-0.25, -0.2) is 4.79 Å². The molecule has 1 aromatic carbocycles. The SMILES string of the molecule is C[C@H](OC(=O)[C@H]1CCC(=O)N1)C(=O)Nc1ccc(Cl)c(C(F)(F)F)c1. The van der Waals surface area contributed by atoms with Gasteiger partial charge in [-0.05, 0) is 31.5 Å². The maximum absolute atomic E-state index is 12.8. The second-order valence-electron chi connectivity index (χ2n) is 5.42. The molecule has 2 N–H and O–H groups in total. The van der Waals surface area contributed by atoms with Crippen LogP contribution in [0.1, 0.15) is 25.3 Å². The number of carbonyl (C=O) groups is 3. The molecule has 2 amide bonds. The van der Waals surface area contributed by atoms with Crippen LogP contribution in [0.2, 0.25) is 5.02 Å². The number of hydrogen-bond donors (Lipinski definition) is 2. The number of anilines is 1. The monoisotopic (exact) mass is 378 g/mol. The Bertz CT molecular complexity index is 709. The van der Waals surface area contributed by atoms with Crippen molar-refractivity contribution < 1.29 is 32.3 Å². The average molecular weight is 379 g/mol. The van der Waals surface area contributed by atoms with E-state index in [1.807, 2.05) is 0 Å².